The molecule has 90 heavy (non-hydrogen) atoms. The van der Waals surface area contributed by atoms with Gasteiger partial charge in [-0.1, -0.05) is 35.9 Å². The van der Waals surface area contributed by atoms with Crippen LogP contribution >= 0.6 is 45.6 Å². The van der Waals surface area contributed by atoms with Crippen LogP contribution in [0, 0.1) is 40.4 Å². The van der Waals surface area contributed by atoms with Gasteiger partial charge in [0.25, 0.3) is 17.7 Å². The van der Waals surface area contributed by atoms with E-state index in [2.05, 4.69) is 123 Å². The molecule has 9 aromatic rings. The Balaban J connectivity index is 0.000000139. The molecular weight excluding hydrogens is 1210 g/mol. The van der Waals surface area contributed by atoms with Gasteiger partial charge in [0.05, 0.1) is 49.5 Å². The number of aromatic nitrogens is 3. The molecule has 0 radical (unpaired) electrons. The summed E-state index contributed by atoms with van der Waals surface area (Å²) < 4.78 is 18.9. The van der Waals surface area contributed by atoms with Crippen molar-refractivity contribution in [1.29, 1.82) is 0 Å². The van der Waals surface area contributed by atoms with Crippen molar-refractivity contribution in [2.24, 2.45) is 0 Å². The molecule has 4 aliphatic heterocycles. The Morgan fingerprint density at radius 3 is 1.72 bits per heavy atom. The third kappa shape index (κ3) is 15.2. The van der Waals surface area contributed by atoms with Crippen LogP contribution < -0.4 is 41.5 Å². The lowest BCUT2D eigenvalue weighted by Gasteiger charge is -2.29. The van der Waals surface area contributed by atoms with E-state index < -0.39 is 5.82 Å². The molecular formula is C70H79ClFN11O4S3. The predicted molar refractivity (Wildman–Crippen MR) is 368 cm³/mol. The summed E-state index contributed by atoms with van der Waals surface area (Å²) in [7, 11) is 1.74. The Morgan fingerprint density at radius 2 is 1.12 bits per heavy atom. The van der Waals surface area contributed by atoms with Gasteiger partial charge < -0.3 is 35.8 Å². The quantitative estimate of drug-likeness (QED) is 0.0586. The fourth-order valence-electron chi connectivity index (χ4n) is 12.2. The number of hydrogen-bond acceptors (Lipinski definition) is 15. The second kappa shape index (κ2) is 29.7. The van der Waals surface area contributed by atoms with Crippen LogP contribution in [0.1, 0.15) is 118 Å². The number of methoxy groups -OCH3 is 1. The van der Waals surface area contributed by atoms with Gasteiger partial charge in [0, 0.05) is 106 Å². The molecule has 2 saturated heterocycles. The summed E-state index contributed by atoms with van der Waals surface area (Å²) >= 11 is 10.7. The van der Waals surface area contributed by atoms with Gasteiger partial charge in [0.15, 0.2) is 0 Å². The first-order chi connectivity index (χ1) is 43.7. The topological polar surface area (TPSA) is 169 Å². The van der Waals surface area contributed by atoms with Crippen LogP contribution in [0.5, 0.6) is 0 Å². The first-order valence-electron chi connectivity index (χ1n) is 31.3. The lowest BCUT2D eigenvalue weighted by atomic mass is 10.0. The van der Waals surface area contributed by atoms with Gasteiger partial charge in [-0.15, -0.1) is 34.0 Å². The Bertz CT molecular complexity index is 4100. The average molecular weight is 1290 g/mol. The molecule has 0 aliphatic carbocycles. The number of benzene rings is 3. The Labute approximate surface area is 543 Å². The van der Waals surface area contributed by atoms with Gasteiger partial charge in [-0.2, -0.15) is 0 Å². The summed E-state index contributed by atoms with van der Waals surface area (Å²) in [4.78, 5) is 60.7. The SMILES string of the molecule is COCc1cc(N2CCCCC2)ccc1CCNC(=O)c1sc2nc(C)ccc2c1C.Cc1c(C(=O)NCCc2ccc(N3CCCCC3)c(Cl)c2)sc2ncc(F)cc12.Cc1ccc2c(C)c(C(=O)NCCc3ccc(N4NCC5=C4CNC5)cc3)sc2n1. The van der Waals surface area contributed by atoms with Crippen LogP contribution in [0.15, 0.2) is 108 Å². The first kappa shape index (κ1) is 64.2. The van der Waals surface area contributed by atoms with Crippen molar-refractivity contribution in [2.45, 2.75) is 99.0 Å². The number of amides is 3. The molecule has 0 spiro atoms. The highest BCUT2D eigenvalue weighted by molar-refractivity contribution is 7.21. The van der Waals surface area contributed by atoms with E-state index in [0.717, 1.165) is 139 Å². The number of carbonyl (C=O) groups excluding carboxylic acids is 3. The molecule has 20 heteroatoms. The lowest BCUT2D eigenvalue weighted by Crippen LogP contribution is -2.35. The highest BCUT2D eigenvalue weighted by Gasteiger charge is 2.27. The number of rotatable bonds is 17. The molecule has 15 nitrogen and oxygen atoms in total. The van der Waals surface area contributed by atoms with Gasteiger partial charge >= 0.3 is 0 Å². The molecule has 470 valence electrons. The zero-order valence-electron chi connectivity index (χ0n) is 52.2. The van der Waals surface area contributed by atoms with Crippen molar-refractivity contribution < 1.29 is 23.5 Å². The molecule has 4 aliphatic rings. The number of fused-ring (bicyclic) bond motifs is 3. The summed E-state index contributed by atoms with van der Waals surface area (Å²) in [5.41, 5.74) is 19.2. The van der Waals surface area contributed by atoms with Crippen molar-refractivity contribution in [1.82, 2.24) is 41.6 Å². The molecule has 3 amide bonds. The second-order valence-corrected chi connectivity index (χ2v) is 27.0. The van der Waals surface area contributed by atoms with Crippen LogP contribution in [0.4, 0.5) is 21.5 Å². The zero-order chi connectivity index (χ0) is 62.8. The number of pyridine rings is 3. The summed E-state index contributed by atoms with van der Waals surface area (Å²) in [5, 5.41) is 18.3. The smallest absolute Gasteiger partial charge is 0.261 e. The van der Waals surface area contributed by atoms with Crippen LogP contribution in [-0.2, 0) is 30.6 Å². The molecule has 5 N–H and O–H groups in total. The predicted octanol–water partition coefficient (Wildman–Crippen LogP) is 13.4. The summed E-state index contributed by atoms with van der Waals surface area (Å²) in [6.07, 6.45) is 11.0. The standard InChI is InChI=1S/C25H31N3O2S.C23H25N5OS.C22H23ClFN3OS/c1-17-7-10-22-18(2)23(31-25(22)27-17)24(29)26-12-11-19-8-9-21(15-20(19)16-30-3)28-13-5-4-6-14-28;1-14-3-8-19-15(2)21(30-23(19)27-14)22(29)25-10-9-16-4-6-18(7-5-16)28-20-13-24-11-17(20)12-26-28;1-14-17-12-16(24)13-26-22(17)29-20(14)21(28)25-8-7-15-5-6-19(18(23)11-15)27-9-3-2-4-10-27/h7-10,15H,4-6,11-14,16H2,1-3H3,(H,26,29);3-8,24,26H,9-13H2,1-2H3,(H,25,29);5-6,11-13H,2-4,7-10H2,1H3,(H,25,28). The summed E-state index contributed by atoms with van der Waals surface area (Å²) in [5.74, 6) is -0.576. The minimum absolute atomic E-state index is 0.0146. The van der Waals surface area contributed by atoms with E-state index in [4.69, 9.17) is 16.3 Å². The van der Waals surface area contributed by atoms with Crippen LogP contribution in [0.3, 0.4) is 0 Å². The summed E-state index contributed by atoms with van der Waals surface area (Å²) in [6.45, 7) is 19.3. The van der Waals surface area contributed by atoms with Gasteiger partial charge in [-0.05, 0) is 204 Å². The van der Waals surface area contributed by atoms with E-state index in [1.54, 1.807) is 7.11 Å². The van der Waals surface area contributed by atoms with E-state index in [0.29, 0.717) is 47.8 Å². The van der Waals surface area contributed by atoms with E-state index in [1.807, 2.05) is 52.8 Å². The van der Waals surface area contributed by atoms with Gasteiger partial charge in [0.2, 0.25) is 0 Å². The number of hydrogen-bond donors (Lipinski definition) is 5. The maximum Gasteiger partial charge on any atom is 0.261 e. The van der Waals surface area contributed by atoms with E-state index in [9.17, 15) is 18.8 Å². The number of aryl methyl sites for hydroxylation is 5. The Hall–Kier alpha value is -7.36. The number of carbonyl (C=O) groups is 3. The normalized spacial score (nSPS) is 14.8. The average Bonchev–Trinajstić information content (AvgIpc) is 1.96. The number of piperidine rings is 2. The fourth-order valence-corrected chi connectivity index (χ4v) is 15.8. The van der Waals surface area contributed by atoms with Crippen LogP contribution in [0.2, 0.25) is 5.02 Å². The Kier molecular flexibility index (Phi) is 21.2. The van der Waals surface area contributed by atoms with Crippen molar-refractivity contribution >= 4 is 111 Å². The molecule has 0 saturated carbocycles. The zero-order valence-corrected chi connectivity index (χ0v) is 55.4. The van der Waals surface area contributed by atoms with E-state index >= 15 is 0 Å². The van der Waals surface area contributed by atoms with Gasteiger partial charge in [-0.25, -0.2) is 24.8 Å². The van der Waals surface area contributed by atoms with Crippen LogP contribution in [0.25, 0.3) is 30.6 Å². The molecule has 0 unspecified atom stereocenters. The number of hydrazine groups is 1. The van der Waals surface area contributed by atoms with Gasteiger partial charge in [-0.3, -0.25) is 19.4 Å². The summed E-state index contributed by atoms with van der Waals surface area (Å²) in [6, 6.07) is 30.9. The molecule has 0 atom stereocenters. The maximum atomic E-state index is 13.4. The van der Waals surface area contributed by atoms with Gasteiger partial charge in [0.1, 0.15) is 20.3 Å². The van der Waals surface area contributed by atoms with Crippen molar-refractivity contribution in [2.75, 3.05) is 87.4 Å². The monoisotopic (exact) mass is 1290 g/mol. The number of halogens is 2. The number of anilines is 3. The second-order valence-electron chi connectivity index (χ2n) is 23.6. The van der Waals surface area contributed by atoms with E-state index in [-0.39, 0.29) is 17.7 Å². The maximum absolute atomic E-state index is 13.4. The third-order valence-electron chi connectivity index (χ3n) is 17.2. The van der Waals surface area contributed by atoms with E-state index in [1.165, 1.54) is 118 Å². The Morgan fingerprint density at radius 1 is 0.578 bits per heavy atom. The molecule has 3 aromatic carbocycles. The molecule has 10 heterocycles. The molecule has 13 rings (SSSR count). The molecule has 0 bridgehead atoms. The van der Waals surface area contributed by atoms with Crippen LogP contribution in [-0.4, -0.2) is 105 Å². The fraction of sp³-hybridized carbons (Fsp3) is 0.371. The third-order valence-corrected chi connectivity index (χ3v) is 21.1. The highest BCUT2D eigenvalue weighted by Crippen LogP contribution is 2.34. The van der Waals surface area contributed by atoms with Crippen molar-refractivity contribution in [3.8, 4) is 0 Å². The van der Waals surface area contributed by atoms with Crippen molar-refractivity contribution in [3.63, 3.8) is 0 Å². The van der Waals surface area contributed by atoms with Crippen molar-refractivity contribution in [3.05, 3.63) is 184 Å². The number of nitrogens with zero attached hydrogens (tertiary/aromatic N) is 6. The lowest BCUT2D eigenvalue weighted by molar-refractivity contribution is 0.0949. The minimum atomic E-state index is -0.393. The minimum Gasteiger partial charge on any atom is -0.380 e. The number of thiophene rings is 3. The first-order valence-corrected chi connectivity index (χ1v) is 34.1. The molecule has 2 fully saturated rings. The number of ether oxygens (including phenoxy) is 1. The number of nitrogens with one attached hydrogen (secondary N) is 5. The largest absolute Gasteiger partial charge is 0.380 e. The highest BCUT2D eigenvalue weighted by atomic mass is 35.5. The molecule has 6 aromatic heterocycles.